The predicted molar refractivity (Wildman–Crippen MR) is 75.9 cm³/mol. The molecule has 9 atom stereocenters. The van der Waals surface area contributed by atoms with Crippen molar-refractivity contribution in [1.82, 2.24) is 4.90 Å². The second-order valence-electron chi connectivity index (χ2n) is 8.07. The molecule has 0 amide bonds. The number of hydrogen-bond acceptors (Lipinski definition) is 5. The predicted octanol–water partition coefficient (Wildman–Crippen LogP) is 0.471. The van der Waals surface area contributed by atoms with E-state index >= 15 is 0 Å². The second-order valence-corrected chi connectivity index (χ2v) is 8.07. The first-order valence-electron chi connectivity index (χ1n) is 8.62. The summed E-state index contributed by atoms with van der Waals surface area (Å²) in [6.07, 6.45) is 6.65. The van der Waals surface area contributed by atoms with E-state index in [2.05, 4.69) is 11.0 Å². The zero-order valence-electron chi connectivity index (χ0n) is 12.5. The summed E-state index contributed by atoms with van der Waals surface area (Å²) in [5, 5.41) is 10.5. The zero-order valence-corrected chi connectivity index (χ0v) is 12.5. The van der Waals surface area contributed by atoms with Gasteiger partial charge in [-0.05, 0) is 43.8 Å². The highest BCUT2D eigenvalue weighted by molar-refractivity contribution is 5.96. The molecule has 2 spiro atoms. The Kier molecular flexibility index (Phi) is 2.11. The highest BCUT2D eigenvalue weighted by Crippen LogP contribution is 2.70. The third-order valence-electron chi connectivity index (χ3n) is 7.65. The van der Waals surface area contributed by atoms with Gasteiger partial charge < -0.3 is 14.6 Å². The van der Waals surface area contributed by atoms with Crippen LogP contribution in [0.4, 0.5) is 0 Å². The first-order valence-corrected chi connectivity index (χ1v) is 8.62. The Balaban J connectivity index is 1.63. The number of rotatable bonds is 0. The molecule has 3 aliphatic heterocycles. The third kappa shape index (κ3) is 1.07. The van der Waals surface area contributed by atoms with Crippen LogP contribution >= 0.6 is 0 Å². The van der Waals surface area contributed by atoms with Gasteiger partial charge >= 0.3 is 0 Å². The molecule has 5 unspecified atom stereocenters. The highest BCUT2D eigenvalue weighted by atomic mass is 16.6. The van der Waals surface area contributed by atoms with Crippen LogP contribution in [0, 0.1) is 17.3 Å². The van der Waals surface area contributed by atoms with E-state index in [4.69, 9.17) is 9.47 Å². The van der Waals surface area contributed by atoms with Crippen LogP contribution in [0.15, 0.2) is 12.2 Å². The summed E-state index contributed by atoms with van der Waals surface area (Å²) < 4.78 is 12.6. The maximum Gasteiger partial charge on any atom is 0.184 e. The third-order valence-corrected chi connectivity index (χ3v) is 7.65. The van der Waals surface area contributed by atoms with Crippen molar-refractivity contribution in [2.24, 2.45) is 17.3 Å². The average Bonchev–Trinajstić information content (AvgIpc) is 2.97. The number of piperidine rings is 1. The summed E-state index contributed by atoms with van der Waals surface area (Å²) in [5.74, 6) is 0.905. The molecule has 3 aliphatic carbocycles. The van der Waals surface area contributed by atoms with Gasteiger partial charge in [0.15, 0.2) is 5.78 Å². The van der Waals surface area contributed by atoms with Crippen molar-refractivity contribution in [3.8, 4) is 0 Å². The van der Waals surface area contributed by atoms with Crippen LogP contribution in [0.3, 0.4) is 0 Å². The summed E-state index contributed by atoms with van der Waals surface area (Å²) >= 11 is 0. The molecule has 5 nitrogen and oxygen atoms in total. The van der Waals surface area contributed by atoms with E-state index in [1.165, 1.54) is 0 Å². The number of carbonyl (C=O) groups is 1. The normalized spacial score (nSPS) is 63.9. The van der Waals surface area contributed by atoms with E-state index in [-0.39, 0.29) is 28.8 Å². The maximum atomic E-state index is 12.6. The Hall–Kier alpha value is -0.750. The molecule has 5 fully saturated rings. The van der Waals surface area contributed by atoms with Crippen LogP contribution in [-0.4, -0.2) is 59.0 Å². The summed E-state index contributed by atoms with van der Waals surface area (Å²) in [4.78, 5) is 15.1. The Morgan fingerprint density at radius 1 is 1.36 bits per heavy atom. The number of aliphatic hydroxyl groups is 1. The average molecular weight is 303 g/mol. The molecule has 0 aromatic rings. The molecule has 3 saturated heterocycles. The van der Waals surface area contributed by atoms with E-state index in [0.717, 1.165) is 32.2 Å². The van der Waals surface area contributed by atoms with Crippen LogP contribution < -0.4 is 0 Å². The number of hydrogen-bond donors (Lipinski definition) is 1. The fourth-order valence-electron chi connectivity index (χ4n) is 6.98. The van der Waals surface area contributed by atoms with Crippen LogP contribution in [-0.2, 0) is 14.3 Å². The molecule has 6 rings (SSSR count). The molecular formula is C17H21NO4. The molecule has 4 bridgehead atoms. The summed E-state index contributed by atoms with van der Waals surface area (Å²) in [6.45, 7) is 1.66. The van der Waals surface area contributed by atoms with E-state index in [1.807, 2.05) is 0 Å². The van der Waals surface area contributed by atoms with Gasteiger partial charge in [0.25, 0.3) is 0 Å². The van der Waals surface area contributed by atoms with E-state index in [0.29, 0.717) is 18.7 Å². The molecule has 5 heteroatoms. The molecule has 2 saturated carbocycles. The van der Waals surface area contributed by atoms with Gasteiger partial charge in [-0.3, -0.25) is 9.69 Å². The molecule has 3 heterocycles. The number of ketones is 1. The first kappa shape index (κ1) is 12.6. The largest absolute Gasteiger partial charge is 0.390 e. The highest BCUT2D eigenvalue weighted by Gasteiger charge is 2.79. The molecule has 0 aromatic carbocycles. The van der Waals surface area contributed by atoms with Gasteiger partial charge in [-0.15, -0.1) is 0 Å². The lowest BCUT2D eigenvalue weighted by molar-refractivity contribution is -0.176. The monoisotopic (exact) mass is 303 g/mol. The smallest absolute Gasteiger partial charge is 0.184 e. The lowest BCUT2D eigenvalue weighted by Gasteiger charge is -2.63. The summed E-state index contributed by atoms with van der Waals surface area (Å²) in [5.41, 5.74) is -0.609. The number of carbonyl (C=O) groups excluding carboxylic acids is 1. The van der Waals surface area contributed by atoms with Crippen LogP contribution in [0.2, 0.25) is 0 Å². The van der Waals surface area contributed by atoms with Crippen LogP contribution in [0.25, 0.3) is 0 Å². The van der Waals surface area contributed by atoms with Gasteiger partial charge in [-0.2, -0.15) is 0 Å². The standard InChI is InChI=1S/C17H21NO4/c19-10-2-1-9-7-12-17-4-3-11(20)15-16(17,13(9)14(10)22-15)5-6-18(12)8-21-17/h3-4,9-10,12-15,19H,1-2,5-8H2/t9?,10?,12-,13?,14?,15+,16+,17-/m1/s1. The quantitative estimate of drug-likeness (QED) is 0.705. The Morgan fingerprint density at radius 2 is 2.27 bits per heavy atom. The van der Waals surface area contributed by atoms with Gasteiger partial charge in [0, 0.05) is 23.9 Å². The number of aliphatic hydroxyl groups excluding tert-OH is 1. The zero-order chi connectivity index (χ0) is 14.7. The Labute approximate surface area is 129 Å². The van der Waals surface area contributed by atoms with Gasteiger partial charge in [0.05, 0.1) is 12.2 Å². The minimum absolute atomic E-state index is 0.0792. The molecule has 22 heavy (non-hydrogen) atoms. The fourth-order valence-corrected chi connectivity index (χ4v) is 6.98. The van der Waals surface area contributed by atoms with Crippen LogP contribution in [0.5, 0.6) is 0 Å². The van der Waals surface area contributed by atoms with E-state index in [1.54, 1.807) is 6.08 Å². The van der Waals surface area contributed by atoms with Crippen molar-refractivity contribution in [1.29, 1.82) is 0 Å². The molecule has 0 radical (unpaired) electrons. The lowest BCUT2D eigenvalue weighted by atomic mass is 9.44. The molecule has 0 aromatic heterocycles. The van der Waals surface area contributed by atoms with E-state index in [9.17, 15) is 9.90 Å². The second kappa shape index (κ2) is 3.66. The summed E-state index contributed by atoms with van der Waals surface area (Å²) in [6, 6.07) is 0.381. The summed E-state index contributed by atoms with van der Waals surface area (Å²) in [7, 11) is 0. The van der Waals surface area contributed by atoms with Gasteiger partial charge in [-0.1, -0.05) is 0 Å². The van der Waals surface area contributed by atoms with Crippen molar-refractivity contribution >= 4 is 5.78 Å². The Morgan fingerprint density at radius 3 is 3.18 bits per heavy atom. The fraction of sp³-hybridized carbons (Fsp3) is 0.824. The minimum Gasteiger partial charge on any atom is -0.390 e. The van der Waals surface area contributed by atoms with Crippen LogP contribution in [0.1, 0.15) is 25.7 Å². The van der Waals surface area contributed by atoms with E-state index < -0.39 is 12.2 Å². The van der Waals surface area contributed by atoms with Gasteiger partial charge in [-0.25, -0.2) is 0 Å². The van der Waals surface area contributed by atoms with Gasteiger partial charge in [0.2, 0.25) is 0 Å². The molecule has 6 aliphatic rings. The topological polar surface area (TPSA) is 59.0 Å². The molecular weight excluding hydrogens is 282 g/mol. The lowest BCUT2D eigenvalue weighted by Crippen LogP contribution is -2.72. The number of ether oxygens (including phenoxy) is 2. The van der Waals surface area contributed by atoms with Crippen molar-refractivity contribution in [2.45, 2.75) is 55.6 Å². The SMILES string of the molecule is O=C1C=C[C@]23OCN4CC[C@@]25C2C(CCC(O)C2O[C@@H]15)C[C@@H]43. The van der Waals surface area contributed by atoms with Crippen molar-refractivity contribution in [2.75, 3.05) is 13.3 Å². The van der Waals surface area contributed by atoms with Crippen molar-refractivity contribution in [3.63, 3.8) is 0 Å². The molecule has 1 N–H and O–H groups in total. The maximum absolute atomic E-state index is 12.6. The van der Waals surface area contributed by atoms with Crippen molar-refractivity contribution < 1.29 is 19.4 Å². The van der Waals surface area contributed by atoms with Crippen molar-refractivity contribution in [3.05, 3.63) is 12.2 Å². The Bertz CT molecular complexity index is 605. The molecule has 118 valence electrons. The number of nitrogens with zero attached hydrogens (tertiary/aromatic N) is 1. The minimum atomic E-state index is -0.429. The van der Waals surface area contributed by atoms with Gasteiger partial charge in [0.1, 0.15) is 18.4 Å². The first-order chi connectivity index (χ1) is 10.7.